The van der Waals surface area contributed by atoms with Crippen LogP contribution >= 0.6 is 0 Å². The van der Waals surface area contributed by atoms with E-state index in [0.717, 1.165) is 19.4 Å². The zero-order valence-electron chi connectivity index (χ0n) is 10.2. The Morgan fingerprint density at radius 3 is 1.94 bits per heavy atom. The Kier molecular flexibility index (Phi) is 14.6. The standard InChI is InChI=1S/C11H24O5/c1-2-3-5-15-11-16-10-9-14-8-7-13-6-4-12/h12H,2-11H2,1H3. The van der Waals surface area contributed by atoms with Crippen LogP contribution in [0.1, 0.15) is 19.8 Å². The van der Waals surface area contributed by atoms with Crippen molar-refractivity contribution in [1.82, 2.24) is 0 Å². The molecule has 0 radical (unpaired) electrons. The van der Waals surface area contributed by atoms with Crippen molar-refractivity contribution in [3.63, 3.8) is 0 Å². The van der Waals surface area contributed by atoms with Crippen LogP contribution in [0.4, 0.5) is 0 Å². The molecule has 98 valence electrons. The van der Waals surface area contributed by atoms with Gasteiger partial charge in [0.1, 0.15) is 6.79 Å². The molecule has 0 aliphatic carbocycles. The van der Waals surface area contributed by atoms with Gasteiger partial charge in [-0.3, -0.25) is 0 Å². The average molecular weight is 236 g/mol. The van der Waals surface area contributed by atoms with Gasteiger partial charge in [-0.1, -0.05) is 13.3 Å². The Morgan fingerprint density at radius 2 is 1.31 bits per heavy atom. The highest BCUT2D eigenvalue weighted by Crippen LogP contribution is 1.88. The smallest absolute Gasteiger partial charge is 0.146 e. The summed E-state index contributed by atoms with van der Waals surface area (Å²) < 4.78 is 20.6. The third kappa shape index (κ3) is 13.8. The third-order valence-electron chi connectivity index (χ3n) is 1.79. The van der Waals surface area contributed by atoms with E-state index in [1.807, 2.05) is 0 Å². The molecule has 5 heteroatoms. The van der Waals surface area contributed by atoms with E-state index in [9.17, 15) is 0 Å². The Balaban J connectivity index is 2.83. The molecule has 0 saturated carbocycles. The first-order chi connectivity index (χ1) is 7.91. The summed E-state index contributed by atoms with van der Waals surface area (Å²) in [5.41, 5.74) is 0. The molecule has 0 aliphatic heterocycles. The zero-order chi connectivity index (χ0) is 11.9. The van der Waals surface area contributed by atoms with E-state index in [2.05, 4.69) is 6.92 Å². The second kappa shape index (κ2) is 14.8. The first-order valence-electron chi connectivity index (χ1n) is 5.83. The normalized spacial score (nSPS) is 10.9. The molecule has 0 atom stereocenters. The van der Waals surface area contributed by atoms with Gasteiger partial charge in [-0.05, 0) is 6.42 Å². The minimum Gasteiger partial charge on any atom is -0.394 e. The van der Waals surface area contributed by atoms with E-state index in [1.165, 1.54) is 0 Å². The zero-order valence-corrected chi connectivity index (χ0v) is 10.2. The fourth-order valence-electron chi connectivity index (χ4n) is 0.928. The van der Waals surface area contributed by atoms with Gasteiger partial charge in [0.15, 0.2) is 0 Å². The van der Waals surface area contributed by atoms with Crippen LogP contribution < -0.4 is 0 Å². The van der Waals surface area contributed by atoms with Gasteiger partial charge < -0.3 is 24.1 Å². The van der Waals surface area contributed by atoms with E-state index >= 15 is 0 Å². The Hall–Kier alpha value is -0.200. The van der Waals surface area contributed by atoms with Gasteiger partial charge in [0.25, 0.3) is 0 Å². The lowest BCUT2D eigenvalue weighted by atomic mass is 10.4. The maximum Gasteiger partial charge on any atom is 0.146 e. The van der Waals surface area contributed by atoms with Gasteiger partial charge in [-0.2, -0.15) is 0 Å². The summed E-state index contributed by atoms with van der Waals surface area (Å²) in [4.78, 5) is 0. The maximum atomic E-state index is 8.43. The predicted molar refractivity (Wildman–Crippen MR) is 60.4 cm³/mol. The number of hydrogen-bond acceptors (Lipinski definition) is 5. The Labute approximate surface area is 97.6 Å². The molecule has 0 aromatic heterocycles. The lowest BCUT2D eigenvalue weighted by molar-refractivity contribution is -0.0731. The molecular weight excluding hydrogens is 212 g/mol. The Morgan fingerprint density at radius 1 is 0.750 bits per heavy atom. The van der Waals surface area contributed by atoms with Crippen LogP contribution in [-0.4, -0.2) is 58.1 Å². The van der Waals surface area contributed by atoms with E-state index in [1.54, 1.807) is 0 Å². The molecule has 16 heavy (non-hydrogen) atoms. The Bertz CT molecular complexity index is 107. The molecule has 0 bridgehead atoms. The van der Waals surface area contributed by atoms with E-state index in [-0.39, 0.29) is 6.61 Å². The first-order valence-corrected chi connectivity index (χ1v) is 5.83. The van der Waals surface area contributed by atoms with Crippen LogP contribution in [-0.2, 0) is 18.9 Å². The molecule has 0 fully saturated rings. The first kappa shape index (κ1) is 15.8. The highest BCUT2D eigenvalue weighted by atomic mass is 16.7. The average Bonchev–Trinajstić information content (AvgIpc) is 2.31. The summed E-state index contributed by atoms with van der Waals surface area (Å²) in [5.74, 6) is 0. The van der Waals surface area contributed by atoms with Crippen molar-refractivity contribution in [1.29, 1.82) is 0 Å². The number of aliphatic hydroxyl groups is 1. The molecule has 0 aliphatic rings. The number of hydrogen-bond donors (Lipinski definition) is 1. The summed E-state index contributed by atoms with van der Waals surface area (Å²) in [5, 5.41) is 8.43. The molecule has 0 rings (SSSR count). The molecule has 0 aromatic carbocycles. The summed E-state index contributed by atoms with van der Waals surface area (Å²) in [6, 6.07) is 0. The third-order valence-corrected chi connectivity index (χ3v) is 1.79. The number of aliphatic hydroxyl groups excluding tert-OH is 1. The topological polar surface area (TPSA) is 57.2 Å². The molecule has 5 nitrogen and oxygen atoms in total. The van der Waals surface area contributed by atoms with Gasteiger partial charge >= 0.3 is 0 Å². The molecule has 0 aromatic rings. The molecule has 0 spiro atoms. The van der Waals surface area contributed by atoms with Gasteiger partial charge in [0.2, 0.25) is 0 Å². The highest BCUT2D eigenvalue weighted by Gasteiger charge is 1.91. The summed E-state index contributed by atoms with van der Waals surface area (Å²) in [6.07, 6.45) is 2.21. The minimum atomic E-state index is 0.0538. The van der Waals surface area contributed by atoms with Gasteiger partial charge in [-0.15, -0.1) is 0 Å². The van der Waals surface area contributed by atoms with Crippen molar-refractivity contribution in [2.24, 2.45) is 0 Å². The summed E-state index contributed by atoms with van der Waals surface area (Å²) in [6.45, 7) is 5.75. The van der Waals surface area contributed by atoms with Crippen molar-refractivity contribution >= 4 is 0 Å². The van der Waals surface area contributed by atoms with Gasteiger partial charge in [0, 0.05) is 6.61 Å². The fourth-order valence-corrected chi connectivity index (χ4v) is 0.928. The van der Waals surface area contributed by atoms with E-state index in [0.29, 0.717) is 39.8 Å². The largest absolute Gasteiger partial charge is 0.394 e. The molecule has 1 N–H and O–H groups in total. The quantitative estimate of drug-likeness (QED) is 0.379. The molecule has 0 unspecified atom stereocenters. The van der Waals surface area contributed by atoms with Crippen LogP contribution in [0.25, 0.3) is 0 Å². The van der Waals surface area contributed by atoms with Crippen molar-refractivity contribution in [3.8, 4) is 0 Å². The van der Waals surface area contributed by atoms with Crippen molar-refractivity contribution in [2.75, 3.05) is 53.0 Å². The lowest BCUT2D eigenvalue weighted by Gasteiger charge is -2.06. The maximum absolute atomic E-state index is 8.43. The molecule has 0 saturated heterocycles. The minimum absolute atomic E-state index is 0.0538. The summed E-state index contributed by atoms with van der Waals surface area (Å²) >= 11 is 0. The summed E-state index contributed by atoms with van der Waals surface area (Å²) in [7, 11) is 0. The van der Waals surface area contributed by atoms with E-state index < -0.39 is 0 Å². The molecular formula is C11H24O5. The van der Waals surface area contributed by atoms with Crippen molar-refractivity contribution in [2.45, 2.75) is 19.8 Å². The predicted octanol–water partition coefficient (Wildman–Crippen LogP) is 0.803. The van der Waals surface area contributed by atoms with Crippen molar-refractivity contribution in [3.05, 3.63) is 0 Å². The SMILES string of the molecule is CCCCOCOCCOCCOCCO. The van der Waals surface area contributed by atoms with Crippen LogP contribution in [0.2, 0.25) is 0 Å². The molecule has 0 amide bonds. The number of ether oxygens (including phenoxy) is 4. The van der Waals surface area contributed by atoms with Crippen LogP contribution in [0.3, 0.4) is 0 Å². The van der Waals surface area contributed by atoms with E-state index in [4.69, 9.17) is 24.1 Å². The van der Waals surface area contributed by atoms with Gasteiger partial charge in [-0.25, -0.2) is 0 Å². The van der Waals surface area contributed by atoms with Gasteiger partial charge in [0.05, 0.1) is 39.6 Å². The number of rotatable bonds is 13. The highest BCUT2D eigenvalue weighted by molar-refractivity contribution is 4.32. The number of unbranched alkanes of at least 4 members (excludes halogenated alkanes) is 1. The second-order valence-electron chi connectivity index (χ2n) is 3.24. The second-order valence-corrected chi connectivity index (χ2v) is 3.24. The fraction of sp³-hybridized carbons (Fsp3) is 1.00. The van der Waals surface area contributed by atoms with Crippen LogP contribution in [0, 0.1) is 0 Å². The lowest BCUT2D eigenvalue weighted by Crippen LogP contribution is -2.12. The monoisotopic (exact) mass is 236 g/mol. The van der Waals surface area contributed by atoms with Crippen LogP contribution in [0.15, 0.2) is 0 Å². The molecule has 0 heterocycles. The van der Waals surface area contributed by atoms with Crippen molar-refractivity contribution < 1.29 is 24.1 Å². The van der Waals surface area contributed by atoms with Crippen LogP contribution in [0.5, 0.6) is 0 Å².